The molecule has 1 rings (SSSR count). The first kappa shape index (κ1) is 10.5. The van der Waals surface area contributed by atoms with Crippen molar-refractivity contribution in [3.63, 3.8) is 0 Å². The summed E-state index contributed by atoms with van der Waals surface area (Å²) in [6.07, 6.45) is 0. The highest BCUT2D eigenvalue weighted by atomic mass is 31.0. The van der Waals surface area contributed by atoms with Crippen LogP contribution in [0, 0.1) is 0 Å². The fraction of sp³-hybridized carbons (Fsp3) is 0.400. The number of benzene rings is 1. The quantitative estimate of drug-likeness (QED) is 0.572. The Morgan fingerprint density at radius 3 is 2.62 bits per heavy atom. The first-order valence-corrected chi connectivity index (χ1v) is 5.08. The van der Waals surface area contributed by atoms with Crippen molar-refractivity contribution in [1.82, 2.24) is 0 Å². The lowest BCUT2D eigenvalue weighted by molar-refractivity contribution is 0.158. The lowest BCUT2D eigenvalue weighted by atomic mass is 10.3. The fourth-order valence-electron chi connectivity index (χ4n) is 1.01. The first-order chi connectivity index (χ1) is 6.33. The predicted molar refractivity (Wildman–Crippen MR) is 60.8 cm³/mol. The molecule has 0 spiro atoms. The summed E-state index contributed by atoms with van der Waals surface area (Å²) in [5.74, 6) is 0. The molecule has 0 aromatic heterocycles. The molecule has 0 amide bonds. The van der Waals surface area contributed by atoms with E-state index in [0.717, 1.165) is 25.4 Å². The van der Waals surface area contributed by atoms with Crippen molar-refractivity contribution in [1.29, 1.82) is 0 Å². The second-order valence-corrected chi connectivity index (χ2v) is 3.41. The molecule has 0 saturated heterocycles. The Labute approximate surface area is 81.9 Å². The van der Waals surface area contributed by atoms with Crippen molar-refractivity contribution in [2.75, 3.05) is 25.1 Å². The van der Waals surface area contributed by atoms with Crippen LogP contribution in [0.2, 0.25) is 0 Å². The highest BCUT2D eigenvalue weighted by Gasteiger charge is 1.90. The zero-order valence-corrected chi connectivity index (χ0v) is 9.07. The molecule has 0 fully saturated rings. The summed E-state index contributed by atoms with van der Waals surface area (Å²) >= 11 is 0. The van der Waals surface area contributed by atoms with E-state index in [4.69, 9.17) is 4.74 Å². The lowest BCUT2D eigenvalue weighted by Crippen LogP contribution is -2.09. The molecule has 0 radical (unpaired) electrons. The second kappa shape index (κ2) is 5.95. The van der Waals surface area contributed by atoms with Gasteiger partial charge < -0.3 is 10.1 Å². The van der Waals surface area contributed by atoms with Crippen LogP contribution in [-0.4, -0.2) is 19.8 Å². The third kappa shape index (κ3) is 4.25. The van der Waals surface area contributed by atoms with Crippen LogP contribution >= 0.6 is 9.24 Å². The van der Waals surface area contributed by atoms with Gasteiger partial charge in [-0.2, -0.15) is 0 Å². The zero-order chi connectivity index (χ0) is 9.52. The molecule has 0 saturated carbocycles. The summed E-state index contributed by atoms with van der Waals surface area (Å²) in [7, 11) is 2.66. The minimum atomic E-state index is 0.763. The van der Waals surface area contributed by atoms with E-state index in [1.165, 1.54) is 5.30 Å². The number of nitrogens with one attached hydrogen (secondary N) is 1. The molecule has 2 nitrogen and oxygen atoms in total. The van der Waals surface area contributed by atoms with E-state index in [0.29, 0.717) is 0 Å². The van der Waals surface area contributed by atoms with E-state index in [9.17, 15) is 0 Å². The number of hydrogen-bond donors (Lipinski definition) is 1. The van der Waals surface area contributed by atoms with Gasteiger partial charge in [0.2, 0.25) is 0 Å². The smallest absolute Gasteiger partial charge is 0.0638 e. The van der Waals surface area contributed by atoms with E-state index in [1.54, 1.807) is 0 Å². The minimum Gasteiger partial charge on any atom is -0.383 e. The standard InChI is InChI=1S/C10H16NOP/c1-2-12-8-7-11-9-3-5-10(13)6-4-9/h3-6,11H,2,7-8,13H2,1H3. The van der Waals surface area contributed by atoms with E-state index in [2.05, 4.69) is 38.8 Å². The molecule has 0 aliphatic heterocycles. The number of anilines is 1. The Hall–Kier alpha value is -0.590. The van der Waals surface area contributed by atoms with Crippen molar-refractivity contribution >= 4 is 20.2 Å². The maximum Gasteiger partial charge on any atom is 0.0638 e. The lowest BCUT2D eigenvalue weighted by Gasteiger charge is -2.06. The average molecular weight is 197 g/mol. The summed E-state index contributed by atoms with van der Waals surface area (Å²) in [5.41, 5.74) is 1.14. The summed E-state index contributed by atoms with van der Waals surface area (Å²) in [5, 5.41) is 4.48. The molecule has 3 heteroatoms. The Bertz CT molecular complexity index is 235. The van der Waals surface area contributed by atoms with Crippen LogP contribution in [-0.2, 0) is 4.74 Å². The maximum absolute atomic E-state index is 5.21. The maximum atomic E-state index is 5.21. The Morgan fingerprint density at radius 2 is 2.00 bits per heavy atom. The Balaban J connectivity index is 2.25. The molecular weight excluding hydrogens is 181 g/mol. The van der Waals surface area contributed by atoms with Gasteiger partial charge >= 0.3 is 0 Å². The number of rotatable bonds is 5. The summed E-state index contributed by atoms with van der Waals surface area (Å²) in [6.45, 7) is 4.42. The monoisotopic (exact) mass is 197 g/mol. The van der Waals surface area contributed by atoms with Crippen LogP contribution in [0.1, 0.15) is 6.92 Å². The van der Waals surface area contributed by atoms with Crippen LogP contribution in [0.25, 0.3) is 0 Å². The van der Waals surface area contributed by atoms with Gasteiger partial charge in [0, 0.05) is 18.8 Å². The van der Waals surface area contributed by atoms with Gasteiger partial charge in [-0.05, 0) is 24.4 Å². The molecular formula is C10H16NOP. The molecule has 13 heavy (non-hydrogen) atoms. The third-order valence-corrected chi connectivity index (χ3v) is 2.08. The fourth-order valence-corrected chi connectivity index (χ4v) is 1.21. The molecule has 1 atom stereocenters. The van der Waals surface area contributed by atoms with Gasteiger partial charge in [0.25, 0.3) is 0 Å². The average Bonchev–Trinajstić information content (AvgIpc) is 2.15. The van der Waals surface area contributed by atoms with Crippen molar-refractivity contribution in [3.05, 3.63) is 24.3 Å². The predicted octanol–water partition coefficient (Wildman–Crippen LogP) is 1.64. The molecule has 0 aliphatic carbocycles. The molecule has 0 aliphatic rings. The van der Waals surface area contributed by atoms with Gasteiger partial charge in [-0.3, -0.25) is 0 Å². The molecule has 1 N–H and O–H groups in total. The van der Waals surface area contributed by atoms with E-state index < -0.39 is 0 Å². The minimum absolute atomic E-state index is 0.763. The zero-order valence-electron chi connectivity index (χ0n) is 7.92. The van der Waals surface area contributed by atoms with E-state index >= 15 is 0 Å². The van der Waals surface area contributed by atoms with Crippen LogP contribution in [0.3, 0.4) is 0 Å². The van der Waals surface area contributed by atoms with E-state index in [1.807, 2.05) is 6.92 Å². The van der Waals surface area contributed by atoms with Gasteiger partial charge in [-0.1, -0.05) is 12.1 Å². The SMILES string of the molecule is CCOCCNc1ccc(P)cc1. The van der Waals surface area contributed by atoms with Gasteiger partial charge in [0.1, 0.15) is 0 Å². The van der Waals surface area contributed by atoms with Crippen LogP contribution < -0.4 is 10.6 Å². The third-order valence-electron chi connectivity index (χ3n) is 1.69. The summed E-state index contributed by atoms with van der Waals surface area (Å²) in [4.78, 5) is 0. The summed E-state index contributed by atoms with van der Waals surface area (Å²) < 4.78 is 5.21. The van der Waals surface area contributed by atoms with Crippen molar-refractivity contribution in [2.24, 2.45) is 0 Å². The first-order valence-electron chi connectivity index (χ1n) is 4.50. The number of ether oxygens (including phenoxy) is 1. The Morgan fingerprint density at radius 1 is 1.31 bits per heavy atom. The van der Waals surface area contributed by atoms with Gasteiger partial charge in [-0.25, -0.2) is 0 Å². The van der Waals surface area contributed by atoms with Gasteiger partial charge in [0.15, 0.2) is 0 Å². The largest absolute Gasteiger partial charge is 0.383 e. The molecule has 0 bridgehead atoms. The molecule has 1 aromatic carbocycles. The highest BCUT2D eigenvalue weighted by Crippen LogP contribution is 2.04. The summed E-state index contributed by atoms with van der Waals surface area (Å²) in [6, 6.07) is 8.25. The van der Waals surface area contributed by atoms with Gasteiger partial charge in [-0.15, -0.1) is 9.24 Å². The van der Waals surface area contributed by atoms with Crippen molar-refractivity contribution in [3.8, 4) is 0 Å². The molecule has 72 valence electrons. The molecule has 1 unspecified atom stereocenters. The van der Waals surface area contributed by atoms with Crippen LogP contribution in [0.4, 0.5) is 5.69 Å². The Kier molecular flexibility index (Phi) is 4.81. The second-order valence-electron chi connectivity index (χ2n) is 2.75. The van der Waals surface area contributed by atoms with E-state index in [-0.39, 0.29) is 0 Å². The topological polar surface area (TPSA) is 21.3 Å². The molecule has 1 aromatic rings. The number of hydrogen-bond acceptors (Lipinski definition) is 2. The van der Waals surface area contributed by atoms with Crippen molar-refractivity contribution in [2.45, 2.75) is 6.92 Å². The molecule has 0 heterocycles. The van der Waals surface area contributed by atoms with Gasteiger partial charge in [0.05, 0.1) is 6.61 Å². The highest BCUT2D eigenvalue weighted by molar-refractivity contribution is 7.27. The van der Waals surface area contributed by atoms with Crippen LogP contribution in [0.5, 0.6) is 0 Å². The van der Waals surface area contributed by atoms with Crippen molar-refractivity contribution < 1.29 is 4.74 Å². The van der Waals surface area contributed by atoms with Crippen LogP contribution in [0.15, 0.2) is 24.3 Å². The normalized spacial score (nSPS) is 10.0.